The summed E-state index contributed by atoms with van der Waals surface area (Å²) in [4.78, 5) is 0. The quantitative estimate of drug-likeness (QED) is 0.514. The molecule has 0 radical (unpaired) electrons. The average molecular weight is 175 g/mol. The van der Waals surface area contributed by atoms with Crippen molar-refractivity contribution in [3.05, 3.63) is 0 Å². The summed E-state index contributed by atoms with van der Waals surface area (Å²) in [5.41, 5.74) is 0. The van der Waals surface area contributed by atoms with E-state index in [9.17, 15) is 0 Å². The Bertz CT molecular complexity index is 115. The van der Waals surface area contributed by atoms with Crippen molar-refractivity contribution < 1.29 is 4.74 Å². The highest BCUT2D eigenvalue weighted by Crippen LogP contribution is 2.07. The molecule has 0 aliphatic rings. The molecule has 0 bridgehead atoms. The highest BCUT2D eigenvalue weighted by molar-refractivity contribution is 7.99. The Morgan fingerprint density at radius 3 is 2.64 bits per heavy atom. The molecular weight excluding hydrogens is 158 g/mol. The van der Waals surface area contributed by atoms with Crippen LogP contribution in [0.5, 0.6) is 0 Å². The van der Waals surface area contributed by atoms with Crippen LogP contribution in [0.4, 0.5) is 0 Å². The lowest BCUT2D eigenvalue weighted by atomic mass is 10.3. The molecule has 0 aliphatic carbocycles. The Hall–Kier alpha value is -0.180. The van der Waals surface area contributed by atoms with Gasteiger partial charge in [0.25, 0.3) is 0 Å². The minimum absolute atomic E-state index is 0.401. The van der Waals surface area contributed by atoms with Gasteiger partial charge in [-0.1, -0.05) is 13.8 Å². The molecule has 0 aliphatic heterocycles. The van der Waals surface area contributed by atoms with Crippen molar-refractivity contribution in [3.8, 4) is 0 Å². The topological polar surface area (TPSA) is 33.1 Å². The summed E-state index contributed by atoms with van der Waals surface area (Å²) < 4.78 is 4.99. The molecule has 0 spiro atoms. The van der Waals surface area contributed by atoms with Crippen LogP contribution in [0.1, 0.15) is 20.8 Å². The molecule has 0 fully saturated rings. The predicted octanol–water partition coefficient (Wildman–Crippen LogP) is 2.39. The van der Waals surface area contributed by atoms with E-state index in [-0.39, 0.29) is 0 Å². The van der Waals surface area contributed by atoms with E-state index in [0.29, 0.717) is 24.2 Å². The third kappa shape index (κ3) is 7.72. The Morgan fingerprint density at radius 2 is 2.18 bits per heavy atom. The molecule has 0 saturated heterocycles. The molecule has 0 aromatic heterocycles. The van der Waals surface area contributed by atoms with Crippen molar-refractivity contribution in [3.63, 3.8) is 0 Å². The van der Waals surface area contributed by atoms with E-state index in [1.54, 1.807) is 11.8 Å². The molecule has 0 rings (SSSR count). The number of hydrogen-bond acceptors (Lipinski definition) is 3. The van der Waals surface area contributed by atoms with Crippen LogP contribution >= 0.6 is 11.8 Å². The molecular formula is C8H17NOS. The first-order valence-corrected chi connectivity index (χ1v) is 5.10. The molecule has 1 N–H and O–H groups in total. The van der Waals surface area contributed by atoms with Gasteiger partial charge in [0.2, 0.25) is 0 Å². The Morgan fingerprint density at radius 1 is 1.55 bits per heavy atom. The number of nitrogens with one attached hydrogen (secondary N) is 1. The molecule has 0 aromatic carbocycles. The first-order chi connectivity index (χ1) is 5.16. The highest BCUT2D eigenvalue weighted by atomic mass is 32.2. The summed E-state index contributed by atoms with van der Waals surface area (Å²) in [5, 5.41) is 7.29. The summed E-state index contributed by atoms with van der Waals surface area (Å²) >= 11 is 1.76. The molecule has 0 aromatic rings. The first kappa shape index (κ1) is 10.8. The van der Waals surface area contributed by atoms with Crippen molar-refractivity contribution in [1.29, 1.82) is 5.41 Å². The largest absolute Gasteiger partial charge is 0.481 e. The second kappa shape index (κ2) is 6.53. The molecule has 0 saturated carbocycles. The van der Waals surface area contributed by atoms with Crippen LogP contribution in [-0.4, -0.2) is 24.0 Å². The van der Waals surface area contributed by atoms with E-state index in [4.69, 9.17) is 10.1 Å². The van der Waals surface area contributed by atoms with Gasteiger partial charge < -0.3 is 4.74 Å². The average Bonchev–Trinajstić information content (AvgIpc) is 1.87. The van der Waals surface area contributed by atoms with Gasteiger partial charge in [-0.05, 0) is 18.6 Å². The van der Waals surface area contributed by atoms with Crippen molar-refractivity contribution in [2.75, 3.05) is 18.1 Å². The lowest BCUT2D eigenvalue weighted by Crippen LogP contribution is -2.07. The fraction of sp³-hybridized carbons (Fsp3) is 0.875. The van der Waals surface area contributed by atoms with Gasteiger partial charge >= 0.3 is 0 Å². The van der Waals surface area contributed by atoms with E-state index in [0.717, 1.165) is 5.75 Å². The number of rotatable bonds is 5. The van der Waals surface area contributed by atoms with E-state index in [1.807, 2.05) is 6.92 Å². The molecule has 0 unspecified atom stereocenters. The summed E-state index contributed by atoms with van der Waals surface area (Å²) in [7, 11) is 0. The molecule has 0 atom stereocenters. The van der Waals surface area contributed by atoms with Crippen LogP contribution in [0.3, 0.4) is 0 Å². The van der Waals surface area contributed by atoms with Crippen LogP contribution in [-0.2, 0) is 4.74 Å². The van der Waals surface area contributed by atoms with Gasteiger partial charge in [0.15, 0.2) is 5.90 Å². The zero-order valence-corrected chi connectivity index (χ0v) is 8.33. The fourth-order valence-electron chi connectivity index (χ4n) is 0.603. The second-order valence-corrected chi connectivity index (χ2v) is 3.80. The normalized spacial score (nSPS) is 10.2. The number of ether oxygens (including phenoxy) is 1. The highest BCUT2D eigenvalue weighted by Gasteiger charge is 1.98. The van der Waals surface area contributed by atoms with Crippen molar-refractivity contribution in [2.45, 2.75) is 20.8 Å². The number of hydrogen-bond donors (Lipinski definition) is 1. The monoisotopic (exact) mass is 175 g/mol. The second-order valence-electron chi connectivity index (χ2n) is 2.77. The van der Waals surface area contributed by atoms with Gasteiger partial charge in [-0.2, -0.15) is 11.8 Å². The zero-order chi connectivity index (χ0) is 8.69. The van der Waals surface area contributed by atoms with Crippen molar-refractivity contribution in [1.82, 2.24) is 0 Å². The lowest BCUT2D eigenvalue weighted by molar-refractivity contribution is 0.322. The van der Waals surface area contributed by atoms with Gasteiger partial charge in [0.1, 0.15) is 0 Å². The van der Waals surface area contributed by atoms with E-state index in [1.165, 1.54) is 0 Å². The van der Waals surface area contributed by atoms with Gasteiger partial charge in [-0.25, -0.2) is 0 Å². The van der Waals surface area contributed by atoms with Crippen LogP contribution in [0.2, 0.25) is 0 Å². The SMILES string of the molecule is CCOC(=N)CSCC(C)C. The Labute approximate surface area is 73.2 Å². The standard InChI is InChI=1S/C8H17NOS/c1-4-10-8(9)6-11-5-7(2)3/h7,9H,4-6H2,1-3H3. The van der Waals surface area contributed by atoms with Crippen LogP contribution in [0.15, 0.2) is 0 Å². The molecule has 3 heteroatoms. The van der Waals surface area contributed by atoms with Crippen LogP contribution < -0.4 is 0 Å². The molecule has 0 heterocycles. The molecule has 0 amide bonds. The van der Waals surface area contributed by atoms with Gasteiger partial charge in [-0.3, -0.25) is 5.41 Å². The smallest absolute Gasteiger partial charge is 0.190 e. The fourth-order valence-corrected chi connectivity index (χ4v) is 1.46. The van der Waals surface area contributed by atoms with Gasteiger partial charge in [-0.15, -0.1) is 0 Å². The summed E-state index contributed by atoms with van der Waals surface area (Å²) in [6.07, 6.45) is 0. The van der Waals surface area contributed by atoms with E-state index < -0.39 is 0 Å². The third-order valence-corrected chi connectivity index (χ3v) is 2.37. The summed E-state index contributed by atoms with van der Waals surface area (Å²) in [6, 6.07) is 0. The first-order valence-electron chi connectivity index (χ1n) is 3.94. The maximum Gasteiger partial charge on any atom is 0.190 e. The van der Waals surface area contributed by atoms with Crippen LogP contribution in [0, 0.1) is 11.3 Å². The zero-order valence-electron chi connectivity index (χ0n) is 7.52. The van der Waals surface area contributed by atoms with Crippen molar-refractivity contribution in [2.24, 2.45) is 5.92 Å². The maximum atomic E-state index is 7.29. The molecule has 66 valence electrons. The van der Waals surface area contributed by atoms with E-state index in [2.05, 4.69) is 13.8 Å². The van der Waals surface area contributed by atoms with Gasteiger partial charge in [0, 0.05) is 0 Å². The third-order valence-electron chi connectivity index (χ3n) is 1.00. The Balaban J connectivity index is 3.17. The van der Waals surface area contributed by atoms with E-state index >= 15 is 0 Å². The predicted molar refractivity (Wildman–Crippen MR) is 51.5 cm³/mol. The lowest BCUT2D eigenvalue weighted by Gasteiger charge is -2.05. The summed E-state index contributed by atoms with van der Waals surface area (Å²) in [6.45, 7) is 6.87. The molecule has 2 nitrogen and oxygen atoms in total. The summed E-state index contributed by atoms with van der Waals surface area (Å²) in [5.74, 6) is 2.93. The van der Waals surface area contributed by atoms with Gasteiger partial charge in [0.05, 0.1) is 12.4 Å². The molecule has 11 heavy (non-hydrogen) atoms. The van der Waals surface area contributed by atoms with Crippen LogP contribution in [0.25, 0.3) is 0 Å². The number of thioether (sulfide) groups is 1. The maximum absolute atomic E-state index is 7.29. The minimum Gasteiger partial charge on any atom is -0.481 e. The Kier molecular flexibility index (Phi) is 6.42. The van der Waals surface area contributed by atoms with Crippen molar-refractivity contribution >= 4 is 17.7 Å². The minimum atomic E-state index is 0.401.